The highest BCUT2D eigenvalue weighted by atomic mass is 16.3. The van der Waals surface area contributed by atoms with Crippen molar-refractivity contribution in [1.29, 1.82) is 0 Å². The highest BCUT2D eigenvalue weighted by Crippen LogP contribution is 2.11. The zero-order valence-electron chi connectivity index (χ0n) is 11.9. The molecule has 4 nitrogen and oxygen atoms in total. The second kappa shape index (κ2) is 7.57. The lowest BCUT2D eigenvalue weighted by atomic mass is 10.1. The fraction of sp³-hybridized carbons (Fsp3) is 0.235. The summed E-state index contributed by atoms with van der Waals surface area (Å²) in [5.74, 6) is -0.423. The van der Waals surface area contributed by atoms with Crippen LogP contribution < -0.4 is 5.73 Å². The minimum absolute atomic E-state index is 0.0995. The lowest BCUT2D eigenvalue weighted by Gasteiger charge is -2.21. The smallest absolute Gasteiger partial charge is 0.248 e. The Morgan fingerprint density at radius 3 is 2.33 bits per heavy atom. The number of rotatable bonds is 7. The van der Waals surface area contributed by atoms with Gasteiger partial charge in [0.1, 0.15) is 0 Å². The van der Waals surface area contributed by atoms with Crippen LogP contribution in [0.1, 0.15) is 21.5 Å². The van der Waals surface area contributed by atoms with Gasteiger partial charge < -0.3 is 10.8 Å². The molecule has 0 heterocycles. The van der Waals surface area contributed by atoms with E-state index >= 15 is 0 Å². The Morgan fingerprint density at radius 2 is 1.67 bits per heavy atom. The van der Waals surface area contributed by atoms with E-state index in [9.17, 15) is 9.90 Å². The maximum absolute atomic E-state index is 11.2. The third kappa shape index (κ3) is 4.70. The second-order valence-corrected chi connectivity index (χ2v) is 4.98. The third-order valence-electron chi connectivity index (χ3n) is 3.28. The van der Waals surface area contributed by atoms with Gasteiger partial charge in [0.05, 0.1) is 6.61 Å². The quantitative estimate of drug-likeness (QED) is 0.814. The first-order valence-corrected chi connectivity index (χ1v) is 6.95. The summed E-state index contributed by atoms with van der Waals surface area (Å²) in [7, 11) is 0. The molecule has 0 aliphatic rings. The number of nitrogens with zero attached hydrogens (tertiary/aromatic N) is 1. The predicted molar refractivity (Wildman–Crippen MR) is 82.6 cm³/mol. The van der Waals surface area contributed by atoms with Gasteiger partial charge in [-0.25, -0.2) is 0 Å². The minimum atomic E-state index is -0.423. The van der Waals surface area contributed by atoms with Crippen LogP contribution in [0.25, 0.3) is 0 Å². The molecular formula is C17H20N2O2. The predicted octanol–water partition coefficient (Wildman–Crippen LogP) is 1.78. The number of hydrogen-bond acceptors (Lipinski definition) is 3. The first-order chi connectivity index (χ1) is 10.2. The van der Waals surface area contributed by atoms with Gasteiger partial charge in [-0.15, -0.1) is 0 Å². The summed E-state index contributed by atoms with van der Waals surface area (Å²) in [6.45, 7) is 2.09. The van der Waals surface area contributed by atoms with Gasteiger partial charge >= 0.3 is 0 Å². The van der Waals surface area contributed by atoms with Crippen LogP contribution >= 0.6 is 0 Å². The van der Waals surface area contributed by atoms with Crippen LogP contribution in [0.5, 0.6) is 0 Å². The topological polar surface area (TPSA) is 66.6 Å². The van der Waals surface area contributed by atoms with Crippen molar-refractivity contribution >= 4 is 5.91 Å². The fourth-order valence-corrected chi connectivity index (χ4v) is 2.28. The molecule has 0 saturated carbocycles. The largest absolute Gasteiger partial charge is 0.395 e. The Bertz CT molecular complexity index is 584. The minimum Gasteiger partial charge on any atom is -0.395 e. The lowest BCUT2D eigenvalue weighted by molar-refractivity contribution is 0.1000. The average Bonchev–Trinajstić information content (AvgIpc) is 2.49. The molecule has 0 saturated heterocycles. The van der Waals surface area contributed by atoms with Crippen LogP contribution in [0.2, 0.25) is 0 Å². The van der Waals surface area contributed by atoms with Crippen molar-refractivity contribution in [2.45, 2.75) is 13.1 Å². The number of aliphatic hydroxyl groups excluding tert-OH is 1. The van der Waals surface area contributed by atoms with E-state index in [1.54, 1.807) is 12.1 Å². The number of nitrogens with two attached hydrogens (primary N) is 1. The molecule has 0 radical (unpaired) electrons. The third-order valence-corrected chi connectivity index (χ3v) is 3.28. The van der Waals surface area contributed by atoms with Crippen molar-refractivity contribution in [2.24, 2.45) is 5.73 Å². The Labute approximate surface area is 124 Å². The summed E-state index contributed by atoms with van der Waals surface area (Å²) in [5, 5.41) is 9.22. The summed E-state index contributed by atoms with van der Waals surface area (Å²) in [5.41, 5.74) is 8.02. The zero-order valence-corrected chi connectivity index (χ0v) is 11.9. The van der Waals surface area contributed by atoms with Crippen molar-refractivity contribution in [3.8, 4) is 0 Å². The molecule has 2 rings (SSSR count). The van der Waals surface area contributed by atoms with Crippen LogP contribution in [0.4, 0.5) is 0 Å². The highest BCUT2D eigenvalue weighted by molar-refractivity contribution is 5.92. The monoisotopic (exact) mass is 284 g/mol. The van der Waals surface area contributed by atoms with Crippen molar-refractivity contribution in [2.75, 3.05) is 13.2 Å². The standard InChI is InChI=1S/C17H20N2O2/c18-17(21)16-8-4-7-15(11-16)13-19(9-10-20)12-14-5-2-1-3-6-14/h1-8,11,20H,9-10,12-13H2,(H2,18,21). The van der Waals surface area contributed by atoms with E-state index < -0.39 is 5.91 Å². The van der Waals surface area contributed by atoms with Crippen molar-refractivity contribution in [1.82, 2.24) is 4.90 Å². The van der Waals surface area contributed by atoms with E-state index in [4.69, 9.17) is 5.73 Å². The van der Waals surface area contributed by atoms with Gasteiger partial charge in [-0.05, 0) is 23.3 Å². The van der Waals surface area contributed by atoms with Crippen molar-refractivity contribution in [3.05, 3.63) is 71.3 Å². The number of primary amides is 1. The molecule has 0 aliphatic carbocycles. The van der Waals surface area contributed by atoms with Gasteiger partial charge in [-0.3, -0.25) is 9.69 Å². The first-order valence-electron chi connectivity index (χ1n) is 6.95. The molecular weight excluding hydrogens is 264 g/mol. The number of aliphatic hydroxyl groups is 1. The summed E-state index contributed by atoms with van der Waals surface area (Å²) in [6, 6.07) is 17.4. The van der Waals surface area contributed by atoms with Gasteiger partial charge in [0, 0.05) is 25.2 Å². The molecule has 0 aromatic heterocycles. The van der Waals surface area contributed by atoms with Gasteiger partial charge in [-0.1, -0.05) is 42.5 Å². The van der Waals surface area contributed by atoms with Crippen LogP contribution in [0.15, 0.2) is 54.6 Å². The number of carbonyl (C=O) groups excluding carboxylic acids is 1. The normalized spacial score (nSPS) is 10.8. The Hall–Kier alpha value is -2.17. The Morgan fingerprint density at radius 1 is 1.00 bits per heavy atom. The van der Waals surface area contributed by atoms with Crippen LogP contribution in [0.3, 0.4) is 0 Å². The summed E-state index contributed by atoms with van der Waals surface area (Å²) < 4.78 is 0. The van der Waals surface area contributed by atoms with Crippen LogP contribution in [-0.2, 0) is 13.1 Å². The van der Waals surface area contributed by atoms with Crippen molar-refractivity contribution < 1.29 is 9.90 Å². The second-order valence-electron chi connectivity index (χ2n) is 4.98. The SMILES string of the molecule is NC(=O)c1cccc(CN(CCO)Cc2ccccc2)c1. The van der Waals surface area contributed by atoms with Gasteiger partial charge in [0.2, 0.25) is 5.91 Å². The molecule has 110 valence electrons. The van der Waals surface area contributed by atoms with E-state index in [-0.39, 0.29) is 6.61 Å². The molecule has 0 bridgehead atoms. The zero-order chi connectivity index (χ0) is 15.1. The molecule has 2 aromatic carbocycles. The molecule has 4 heteroatoms. The summed E-state index contributed by atoms with van der Waals surface area (Å²) in [4.78, 5) is 13.4. The van der Waals surface area contributed by atoms with E-state index in [1.807, 2.05) is 30.3 Å². The molecule has 21 heavy (non-hydrogen) atoms. The molecule has 2 aromatic rings. The maximum atomic E-state index is 11.2. The molecule has 0 unspecified atom stereocenters. The van der Waals surface area contributed by atoms with Gasteiger partial charge in [0.25, 0.3) is 0 Å². The lowest BCUT2D eigenvalue weighted by Crippen LogP contribution is -2.26. The molecule has 0 spiro atoms. The number of benzene rings is 2. The van der Waals surface area contributed by atoms with Crippen LogP contribution in [0, 0.1) is 0 Å². The van der Waals surface area contributed by atoms with E-state index in [0.29, 0.717) is 18.7 Å². The maximum Gasteiger partial charge on any atom is 0.248 e. The summed E-state index contributed by atoms with van der Waals surface area (Å²) in [6.07, 6.45) is 0. The number of amides is 1. The number of carbonyl (C=O) groups is 1. The van der Waals surface area contributed by atoms with Gasteiger partial charge in [-0.2, -0.15) is 0 Å². The van der Waals surface area contributed by atoms with E-state index in [2.05, 4.69) is 17.0 Å². The number of hydrogen-bond donors (Lipinski definition) is 2. The molecule has 0 atom stereocenters. The average molecular weight is 284 g/mol. The Balaban J connectivity index is 2.09. The van der Waals surface area contributed by atoms with E-state index in [1.165, 1.54) is 5.56 Å². The van der Waals surface area contributed by atoms with Gasteiger partial charge in [0.15, 0.2) is 0 Å². The van der Waals surface area contributed by atoms with Crippen molar-refractivity contribution in [3.63, 3.8) is 0 Å². The van der Waals surface area contributed by atoms with Crippen LogP contribution in [-0.4, -0.2) is 29.1 Å². The first kappa shape index (κ1) is 15.2. The molecule has 0 fully saturated rings. The molecule has 1 amide bonds. The fourth-order valence-electron chi connectivity index (χ4n) is 2.28. The molecule has 0 aliphatic heterocycles. The molecule has 3 N–H and O–H groups in total. The Kier molecular flexibility index (Phi) is 5.49. The highest BCUT2D eigenvalue weighted by Gasteiger charge is 2.08. The summed E-state index contributed by atoms with van der Waals surface area (Å²) >= 11 is 0. The van der Waals surface area contributed by atoms with E-state index in [0.717, 1.165) is 12.1 Å².